The summed E-state index contributed by atoms with van der Waals surface area (Å²) in [5.41, 5.74) is 6.71. The van der Waals surface area contributed by atoms with Crippen molar-refractivity contribution >= 4 is 42.6 Å². The van der Waals surface area contributed by atoms with Crippen molar-refractivity contribution in [1.82, 2.24) is 4.98 Å². The highest BCUT2D eigenvalue weighted by Crippen LogP contribution is 2.33. The van der Waals surface area contributed by atoms with Crippen molar-refractivity contribution in [3.05, 3.63) is 63.2 Å². The van der Waals surface area contributed by atoms with Crippen molar-refractivity contribution < 1.29 is 4.74 Å². The molecule has 1 aromatic heterocycles. The Hall–Kier alpha value is -1.43. The molecule has 1 heterocycles. The van der Waals surface area contributed by atoms with Crippen LogP contribution in [-0.2, 0) is 6.54 Å². The van der Waals surface area contributed by atoms with E-state index in [1.165, 1.54) is 0 Å². The minimum atomic E-state index is 0.406. The van der Waals surface area contributed by atoms with Crippen LogP contribution < -0.4 is 10.5 Å². The first-order chi connectivity index (χ1) is 10.2. The SMILES string of the molecule is NCc1cc(Br)ccc1Oc1nccc2c(Br)cccc12. The van der Waals surface area contributed by atoms with Crippen LogP contribution in [0, 0.1) is 0 Å². The van der Waals surface area contributed by atoms with Gasteiger partial charge in [0.15, 0.2) is 0 Å². The van der Waals surface area contributed by atoms with Gasteiger partial charge in [-0.3, -0.25) is 0 Å². The van der Waals surface area contributed by atoms with Gasteiger partial charge in [0.05, 0.1) is 0 Å². The first-order valence-corrected chi connectivity index (χ1v) is 7.97. The monoisotopic (exact) mass is 406 g/mol. The molecule has 0 radical (unpaired) electrons. The number of halogens is 2. The number of hydrogen-bond acceptors (Lipinski definition) is 3. The Balaban J connectivity index is 2.09. The molecule has 0 amide bonds. The number of nitrogens with zero attached hydrogens (tertiary/aromatic N) is 1. The van der Waals surface area contributed by atoms with Crippen LogP contribution in [-0.4, -0.2) is 4.98 Å². The zero-order valence-corrected chi connectivity index (χ0v) is 14.2. The molecule has 0 aliphatic rings. The molecule has 2 aromatic carbocycles. The quantitative estimate of drug-likeness (QED) is 0.663. The van der Waals surface area contributed by atoms with E-state index in [9.17, 15) is 0 Å². The van der Waals surface area contributed by atoms with E-state index in [1.807, 2.05) is 42.5 Å². The number of pyridine rings is 1. The van der Waals surface area contributed by atoms with Crippen molar-refractivity contribution in [1.29, 1.82) is 0 Å². The molecule has 0 aliphatic heterocycles. The average Bonchev–Trinajstić information content (AvgIpc) is 2.50. The summed E-state index contributed by atoms with van der Waals surface area (Å²) in [5.74, 6) is 1.30. The van der Waals surface area contributed by atoms with Crippen LogP contribution in [0.25, 0.3) is 10.8 Å². The van der Waals surface area contributed by atoms with Crippen LogP contribution >= 0.6 is 31.9 Å². The normalized spacial score (nSPS) is 10.8. The molecule has 3 rings (SSSR count). The number of hydrogen-bond donors (Lipinski definition) is 1. The van der Waals surface area contributed by atoms with Gasteiger partial charge in [-0.15, -0.1) is 0 Å². The fraction of sp³-hybridized carbons (Fsp3) is 0.0625. The summed E-state index contributed by atoms with van der Waals surface area (Å²) in [7, 11) is 0. The van der Waals surface area contributed by atoms with Crippen molar-refractivity contribution in [2.75, 3.05) is 0 Å². The second kappa shape index (κ2) is 6.13. The van der Waals surface area contributed by atoms with Gasteiger partial charge < -0.3 is 10.5 Å². The molecule has 0 bridgehead atoms. The second-order valence-corrected chi connectivity index (χ2v) is 6.28. The zero-order chi connectivity index (χ0) is 14.8. The van der Waals surface area contributed by atoms with Gasteiger partial charge in [-0.1, -0.05) is 37.9 Å². The first-order valence-electron chi connectivity index (χ1n) is 6.38. The fourth-order valence-electron chi connectivity index (χ4n) is 2.13. The molecular formula is C16H12Br2N2O. The second-order valence-electron chi connectivity index (χ2n) is 4.51. The molecule has 0 unspecified atom stereocenters. The third kappa shape index (κ3) is 2.95. The van der Waals surface area contributed by atoms with Crippen molar-refractivity contribution in [3.63, 3.8) is 0 Å². The maximum atomic E-state index is 5.99. The van der Waals surface area contributed by atoms with Crippen LogP contribution in [0.4, 0.5) is 0 Å². The minimum Gasteiger partial charge on any atom is -0.438 e. The summed E-state index contributed by atoms with van der Waals surface area (Å²) in [6, 6.07) is 13.7. The lowest BCUT2D eigenvalue weighted by atomic mass is 10.1. The van der Waals surface area contributed by atoms with E-state index < -0.39 is 0 Å². The zero-order valence-electron chi connectivity index (χ0n) is 11.0. The van der Waals surface area contributed by atoms with Crippen LogP contribution in [0.1, 0.15) is 5.56 Å². The summed E-state index contributed by atoms with van der Waals surface area (Å²) in [4.78, 5) is 4.35. The number of aromatic nitrogens is 1. The van der Waals surface area contributed by atoms with Gasteiger partial charge in [0.2, 0.25) is 5.88 Å². The Bertz CT molecular complexity index is 805. The predicted molar refractivity (Wildman–Crippen MR) is 91.6 cm³/mol. The number of benzene rings is 2. The Morgan fingerprint density at radius 1 is 1.05 bits per heavy atom. The molecule has 2 N–H and O–H groups in total. The van der Waals surface area contributed by atoms with Gasteiger partial charge in [-0.25, -0.2) is 4.98 Å². The number of ether oxygens (including phenoxy) is 1. The Morgan fingerprint density at radius 3 is 2.71 bits per heavy atom. The Kier molecular flexibility index (Phi) is 4.24. The highest BCUT2D eigenvalue weighted by molar-refractivity contribution is 9.11. The summed E-state index contributed by atoms with van der Waals surface area (Å²) < 4.78 is 7.98. The lowest BCUT2D eigenvalue weighted by molar-refractivity contribution is 0.463. The van der Waals surface area contributed by atoms with E-state index >= 15 is 0 Å². The third-order valence-corrected chi connectivity index (χ3v) is 4.35. The van der Waals surface area contributed by atoms with E-state index in [-0.39, 0.29) is 0 Å². The van der Waals surface area contributed by atoms with E-state index in [0.717, 1.165) is 31.0 Å². The molecule has 0 spiro atoms. The summed E-state index contributed by atoms with van der Waals surface area (Å²) in [6.45, 7) is 0.406. The Labute approximate surface area is 139 Å². The lowest BCUT2D eigenvalue weighted by Gasteiger charge is -2.12. The largest absolute Gasteiger partial charge is 0.438 e. The summed E-state index contributed by atoms with van der Waals surface area (Å²) >= 11 is 6.98. The first kappa shape index (κ1) is 14.5. The van der Waals surface area contributed by atoms with Gasteiger partial charge in [0, 0.05) is 38.0 Å². The molecule has 0 fully saturated rings. The van der Waals surface area contributed by atoms with E-state index in [2.05, 4.69) is 36.8 Å². The number of nitrogens with two attached hydrogens (primary N) is 1. The van der Waals surface area contributed by atoms with Gasteiger partial charge >= 0.3 is 0 Å². The predicted octanol–water partition coefficient (Wildman–Crippen LogP) is 5.01. The highest BCUT2D eigenvalue weighted by atomic mass is 79.9. The number of fused-ring (bicyclic) bond motifs is 1. The maximum Gasteiger partial charge on any atom is 0.227 e. The van der Waals surface area contributed by atoms with Crippen LogP contribution in [0.15, 0.2) is 57.6 Å². The smallest absolute Gasteiger partial charge is 0.227 e. The van der Waals surface area contributed by atoms with E-state index in [1.54, 1.807) is 6.20 Å². The highest BCUT2D eigenvalue weighted by Gasteiger charge is 2.09. The topological polar surface area (TPSA) is 48.1 Å². The molecule has 0 saturated heterocycles. The van der Waals surface area contributed by atoms with E-state index in [4.69, 9.17) is 10.5 Å². The van der Waals surface area contributed by atoms with Crippen LogP contribution in [0.5, 0.6) is 11.6 Å². The average molecular weight is 408 g/mol. The fourth-order valence-corrected chi connectivity index (χ4v) is 3.04. The van der Waals surface area contributed by atoms with Crippen LogP contribution in [0.2, 0.25) is 0 Å². The molecular weight excluding hydrogens is 396 g/mol. The molecule has 21 heavy (non-hydrogen) atoms. The molecule has 0 aliphatic carbocycles. The summed E-state index contributed by atoms with van der Waals surface area (Å²) in [6.07, 6.45) is 1.74. The van der Waals surface area contributed by atoms with Gasteiger partial charge in [-0.05, 0) is 36.4 Å². The van der Waals surface area contributed by atoms with Crippen LogP contribution in [0.3, 0.4) is 0 Å². The molecule has 3 nitrogen and oxygen atoms in total. The molecule has 0 saturated carbocycles. The van der Waals surface area contributed by atoms with E-state index in [0.29, 0.717) is 12.4 Å². The molecule has 5 heteroatoms. The van der Waals surface area contributed by atoms with Gasteiger partial charge in [-0.2, -0.15) is 0 Å². The van der Waals surface area contributed by atoms with Gasteiger partial charge in [0.25, 0.3) is 0 Å². The Morgan fingerprint density at radius 2 is 1.90 bits per heavy atom. The summed E-state index contributed by atoms with van der Waals surface area (Å²) in [5, 5.41) is 2.02. The van der Waals surface area contributed by atoms with Gasteiger partial charge in [0.1, 0.15) is 5.75 Å². The molecule has 106 valence electrons. The van der Waals surface area contributed by atoms with Crippen molar-refractivity contribution in [3.8, 4) is 11.6 Å². The van der Waals surface area contributed by atoms with Crippen molar-refractivity contribution in [2.24, 2.45) is 5.73 Å². The molecule has 0 atom stereocenters. The lowest BCUT2D eigenvalue weighted by Crippen LogP contribution is -2.00. The minimum absolute atomic E-state index is 0.406. The third-order valence-electron chi connectivity index (χ3n) is 3.17. The van der Waals surface area contributed by atoms with Crippen molar-refractivity contribution in [2.45, 2.75) is 6.54 Å². The molecule has 3 aromatic rings. The maximum absolute atomic E-state index is 5.99. The number of rotatable bonds is 3. The standard InChI is InChI=1S/C16H12Br2N2O/c17-11-4-5-15(10(8-11)9-19)21-16-13-2-1-3-14(18)12(13)6-7-20-16/h1-8H,9,19H2.